The molecule has 0 amide bonds. The van der Waals surface area contributed by atoms with Crippen LogP contribution in [0.25, 0.3) is 0 Å². The average molecular weight is 234 g/mol. The van der Waals surface area contributed by atoms with Gasteiger partial charge in [-0.1, -0.05) is 0 Å². The largest absolute Gasteiger partial charge is 0.419 e. The molecule has 1 rings (SSSR count). The van der Waals surface area contributed by atoms with Crippen LogP contribution in [0.4, 0.5) is 17.6 Å². The first kappa shape index (κ1) is 12.4. The Bertz CT molecular complexity index is 449. The van der Waals surface area contributed by atoms with E-state index in [0.717, 1.165) is 13.0 Å². The van der Waals surface area contributed by atoms with Crippen LogP contribution in [0.3, 0.4) is 0 Å². The fourth-order valence-corrected chi connectivity index (χ4v) is 1.23. The predicted molar refractivity (Wildman–Crippen MR) is 46.8 cm³/mol. The number of benzene rings is 1. The minimum Gasteiger partial charge on any atom is -0.298 e. The van der Waals surface area contributed by atoms with Crippen LogP contribution in [-0.4, -0.2) is 12.1 Å². The molecule has 0 fully saturated rings. The molecule has 0 bridgehead atoms. The molecule has 0 spiro atoms. The van der Waals surface area contributed by atoms with Gasteiger partial charge in [0.25, 0.3) is 0 Å². The fraction of sp³-hybridized carbons (Fsp3) is 0.200. The normalized spacial score (nSPS) is 11.3. The molecular formula is C10H6F4O2. The molecule has 0 aliphatic heterocycles. The van der Waals surface area contributed by atoms with Gasteiger partial charge in [-0.15, -0.1) is 0 Å². The summed E-state index contributed by atoms with van der Waals surface area (Å²) in [5.74, 6) is -2.38. The lowest BCUT2D eigenvalue weighted by atomic mass is 10.0. The molecule has 0 atom stereocenters. The molecule has 2 nitrogen and oxygen atoms in total. The lowest BCUT2D eigenvalue weighted by Crippen LogP contribution is -2.12. The van der Waals surface area contributed by atoms with Crippen LogP contribution in [0.5, 0.6) is 0 Å². The highest BCUT2D eigenvalue weighted by Crippen LogP contribution is 2.33. The second kappa shape index (κ2) is 4.03. The zero-order chi connectivity index (χ0) is 12.5. The van der Waals surface area contributed by atoms with E-state index < -0.39 is 28.9 Å². The number of hydrogen-bond donors (Lipinski definition) is 0. The number of hydrogen-bond acceptors (Lipinski definition) is 2. The van der Waals surface area contributed by atoms with Crippen molar-refractivity contribution in [1.82, 2.24) is 0 Å². The van der Waals surface area contributed by atoms with Crippen molar-refractivity contribution in [3.63, 3.8) is 0 Å². The van der Waals surface area contributed by atoms with E-state index in [1.165, 1.54) is 0 Å². The molecule has 86 valence electrons. The zero-order valence-corrected chi connectivity index (χ0v) is 8.06. The maximum Gasteiger partial charge on any atom is 0.419 e. The molecule has 0 saturated carbocycles. The van der Waals surface area contributed by atoms with Gasteiger partial charge in [-0.05, 0) is 19.1 Å². The van der Waals surface area contributed by atoms with E-state index >= 15 is 0 Å². The Hall–Kier alpha value is -1.72. The maximum atomic E-state index is 13.3. The smallest absolute Gasteiger partial charge is 0.298 e. The van der Waals surface area contributed by atoms with Crippen LogP contribution in [0.1, 0.15) is 33.2 Å². The monoisotopic (exact) mass is 234 g/mol. The molecule has 0 aromatic heterocycles. The van der Waals surface area contributed by atoms with E-state index in [2.05, 4.69) is 0 Å². The number of Topliss-reactive ketones (excluding diaryl/α,β-unsaturated/α-hetero) is 1. The number of aldehydes is 1. The standard InChI is InChI=1S/C10H6F4O2/c1-5(16)6-2-3-8(10(12,13)14)9(11)7(6)4-15/h2-4H,1H3. The summed E-state index contributed by atoms with van der Waals surface area (Å²) in [7, 11) is 0. The van der Waals surface area contributed by atoms with Crippen molar-refractivity contribution in [1.29, 1.82) is 0 Å². The first-order valence-electron chi connectivity index (χ1n) is 4.15. The van der Waals surface area contributed by atoms with Gasteiger partial charge in [0, 0.05) is 5.56 Å². The minimum absolute atomic E-state index is 0.0959. The third-order valence-corrected chi connectivity index (χ3v) is 1.98. The molecule has 16 heavy (non-hydrogen) atoms. The van der Waals surface area contributed by atoms with Crippen molar-refractivity contribution in [2.45, 2.75) is 13.1 Å². The average Bonchev–Trinajstić information content (AvgIpc) is 2.14. The Kier molecular flexibility index (Phi) is 3.11. The van der Waals surface area contributed by atoms with Crippen LogP contribution in [0, 0.1) is 5.82 Å². The van der Waals surface area contributed by atoms with Gasteiger partial charge >= 0.3 is 6.18 Å². The van der Waals surface area contributed by atoms with Gasteiger partial charge in [-0.25, -0.2) is 4.39 Å². The van der Waals surface area contributed by atoms with E-state index in [1.54, 1.807) is 0 Å². The summed E-state index contributed by atoms with van der Waals surface area (Å²) in [5.41, 5.74) is -2.78. The quantitative estimate of drug-likeness (QED) is 0.448. The Morgan fingerprint density at radius 3 is 2.25 bits per heavy atom. The number of carbonyl (C=O) groups excluding carboxylic acids is 2. The summed E-state index contributed by atoms with van der Waals surface area (Å²) in [4.78, 5) is 21.4. The molecule has 0 aliphatic rings. The Morgan fingerprint density at radius 2 is 1.88 bits per heavy atom. The predicted octanol–water partition coefficient (Wildman–Crippen LogP) is 2.86. The highest BCUT2D eigenvalue weighted by atomic mass is 19.4. The summed E-state index contributed by atoms with van der Waals surface area (Å²) >= 11 is 0. The summed E-state index contributed by atoms with van der Waals surface area (Å²) in [6, 6.07) is 1.23. The van der Waals surface area contributed by atoms with Crippen LogP contribution in [0.2, 0.25) is 0 Å². The molecule has 0 heterocycles. The van der Waals surface area contributed by atoms with Crippen molar-refractivity contribution >= 4 is 12.1 Å². The van der Waals surface area contributed by atoms with Gasteiger partial charge in [-0.2, -0.15) is 13.2 Å². The topological polar surface area (TPSA) is 34.1 Å². The van der Waals surface area contributed by atoms with Crippen molar-refractivity contribution in [3.05, 3.63) is 34.6 Å². The van der Waals surface area contributed by atoms with Crippen LogP contribution >= 0.6 is 0 Å². The molecule has 0 radical (unpaired) electrons. The first-order valence-corrected chi connectivity index (χ1v) is 4.15. The van der Waals surface area contributed by atoms with Gasteiger partial charge in [-0.3, -0.25) is 9.59 Å². The Balaban J connectivity index is 3.53. The van der Waals surface area contributed by atoms with Gasteiger partial charge in [0.15, 0.2) is 12.1 Å². The number of ketones is 1. The Morgan fingerprint density at radius 1 is 1.31 bits per heavy atom. The molecule has 1 aromatic carbocycles. The van der Waals surface area contributed by atoms with Crippen molar-refractivity contribution in [2.24, 2.45) is 0 Å². The van der Waals surface area contributed by atoms with Crippen LogP contribution < -0.4 is 0 Å². The van der Waals surface area contributed by atoms with Crippen LogP contribution in [0.15, 0.2) is 12.1 Å². The molecule has 0 aliphatic carbocycles. The number of alkyl halides is 3. The highest BCUT2D eigenvalue weighted by molar-refractivity contribution is 6.01. The molecule has 0 saturated heterocycles. The summed E-state index contributed by atoms with van der Waals surface area (Å²) in [5, 5.41) is 0. The molecule has 6 heteroatoms. The van der Waals surface area contributed by atoms with E-state index in [4.69, 9.17) is 0 Å². The van der Waals surface area contributed by atoms with E-state index in [1.807, 2.05) is 0 Å². The highest BCUT2D eigenvalue weighted by Gasteiger charge is 2.35. The molecule has 1 aromatic rings. The number of carbonyl (C=O) groups is 2. The van der Waals surface area contributed by atoms with Gasteiger partial charge in [0.1, 0.15) is 5.82 Å². The van der Waals surface area contributed by atoms with Crippen molar-refractivity contribution < 1.29 is 27.2 Å². The minimum atomic E-state index is -4.89. The summed E-state index contributed by atoms with van der Waals surface area (Å²) < 4.78 is 50.1. The summed E-state index contributed by atoms with van der Waals surface area (Å²) in [6.45, 7) is 1.04. The number of rotatable bonds is 2. The SMILES string of the molecule is CC(=O)c1ccc(C(F)(F)F)c(F)c1C=O. The molecule has 0 N–H and O–H groups in total. The van der Waals surface area contributed by atoms with Crippen molar-refractivity contribution in [2.75, 3.05) is 0 Å². The third kappa shape index (κ3) is 2.10. The number of halogens is 4. The Labute approximate surface area is 87.9 Å². The fourth-order valence-electron chi connectivity index (χ4n) is 1.23. The lowest BCUT2D eigenvalue weighted by molar-refractivity contribution is -0.140. The van der Waals surface area contributed by atoms with Gasteiger partial charge in [0.05, 0.1) is 11.1 Å². The second-order valence-electron chi connectivity index (χ2n) is 3.06. The first-order chi connectivity index (χ1) is 7.29. The van der Waals surface area contributed by atoms with Crippen molar-refractivity contribution in [3.8, 4) is 0 Å². The third-order valence-electron chi connectivity index (χ3n) is 1.98. The van der Waals surface area contributed by atoms with Gasteiger partial charge in [0.2, 0.25) is 0 Å². The molecular weight excluding hydrogens is 228 g/mol. The molecule has 0 unspecified atom stereocenters. The van der Waals surface area contributed by atoms with E-state index in [0.29, 0.717) is 6.07 Å². The van der Waals surface area contributed by atoms with E-state index in [-0.39, 0.29) is 11.8 Å². The lowest BCUT2D eigenvalue weighted by Gasteiger charge is -2.10. The van der Waals surface area contributed by atoms with Gasteiger partial charge < -0.3 is 0 Å². The maximum absolute atomic E-state index is 13.3. The second-order valence-corrected chi connectivity index (χ2v) is 3.06. The van der Waals surface area contributed by atoms with Crippen LogP contribution in [-0.2, 0) is 6.18 Å². The zero-order valence-electron chi connectivity index (χ0n) is 8.06. The van der Waals surface area contributed by atoms with E-state index in [9.17, 15) is 27.2 Å². The summed E-state index contributed by atoms with van der Waals surface area (Å²) in [6.07, 6.45) is -4.99.